The molecule has 0 amide bonds. The van der Waals surface area contributed by atoms with E-state index in [1.54, 1.807) is 26.0 Å². The third-order valence-electron chi connectivity index (χ3n) is 4.12. The van der Waals surface area contributed by atoms with Gasteiger partial charge >= 0.3 is 11.9 Å². The molecule has 0 N–H and O–H groups in total. The maximum atomic E-state index is 12.8. The van der Waals surface area contributed by atoms with E-state index in [0.29, 0.717) is 27.8 Å². The second-order valence-electron chi connectivity index (χ2n) is 6.16. The van der Waals surface area contributed by atoms with E-state index in [-0.39, 0.29) is 17.9 Å². The molecule has 0 saturated heterocycles. The van der Waals surface area contributed by atoms with Crippen LogP contribution in [0.3, 0.4) is 0 Å². The molecule has 6 nitrogen and oxygen atoms in total. The first-order chi connectivity index (χ1) is 15.0. The monoisotopic (exact) mass is 455 g/mol. The average molecular weight is 456 g/mol. The number of halogens is 1. The van der Waals surface area contributed by atoms with Crippen molar-refractivity contribution in [2.75, 3.05) is 13.2 Å². The Morgan fingerprint density at radius 3 is 2.58 bits per heavy atom. The van der Waals surface area contributed by atoms with Crippen LogP contribution < -0.4 is 9.47 Å². The van der Waals surface area contributed by atoms with E-state index < -0.39 is 11.9 Å². The van der Waals surface area contributed by atoms with E-state index in [2.05, 4.69) is 0 Å². The quantitative estimate of drug-likeness (QED) is 0.198. The molecule has 0 bridgehead atoms. The van der Waals surface area contributed by atoms with E-state index in [1.807, 2.05) is 30.3 Å². The van der Waals surface area contributed by atoms with Crippen LogP contribution >= 0.6 is 22.9 Å². The zero-order valence-electron chi connectivity index (χ0n) is 16.8. The van der Waals surface area contributed by atoms with Crippen molar-refractivity contribution in [2.45, 2.75) is 13.8 Å². The molecule has 0 radical (unpaired) electrons. The molecule has 0 unspecified atom stereocenters. The smallest absolute Gasteiger partial charge is 0.355 e. The summed E-state index contributed by atoms with van der Waals surface area (Å²) in [4.78, 5) is 24.9. The second kappa shape index (κ2) is 10.1. The van der Waals surface area contributed by atoms with Gasteiger partial charge in [-0.3, -0.25) is 0 Å². The zero-order valence-corrected chi connectivity index (χ0v) is 18.4. The van der Waals surface area contributed by atoms with Crippen molar-refractivity contribution in [2.24, 2.45) is 0 Å². The summed E-state index contributed by atoms with van der Waals surface area (Å²) >= 11 is 7.62. The summed E-state index contributed by atoms with van der Waals surface area (Å²) < 4.78 is 16.9. The van der Waals surface area contributed by atoms with Crippen LogP contribution in [0.25, 0.3) is 16.2 Å². The van der Waals surface area contributed by atoms with E-state index in [9.17, 15) is 14.9 Å². The summed E-state index contributed by atoms with van der Waals surface area (Å²) in [6, 6.07) is 14.0. The number of thiophene rings is 1. The first-order valence-corrected chi connectivity index (χ1v) is 10.6. The first kappa shape index (κ1) is 22.3. The van der Waals surface area contributed by atoms with Gasteiger partial charge in [0.25, 0.3) is 0 Å². The van der Waals surface area contributed by atoms with Gasteiger partial charge in [-0.05, 0) is 43.7 Å². The van der Waals surface area contributed by atoms with Crippen LogP contribution in [-0.4, -0.2) is 25.2 Å². The molecule has 2 aromatic carbocycles. The van der Waals surface area contributed by atoms with E-state index in [1.165, 1.54) is 23.5 Å². The highest BCUT2D eigenvalue weighted by Gasteiger charge is 2.21. The van der Waals surface area contributed by atoms with Crippen LogP contribution in [-0.2, 0) is 9.53 Å². The van der Waals surface area contributed by atoms with Crippen molar-refractivity contribution in [1.29, 1.82) is 5.26 Å². The Morgan fingerprint density at radius 1 is 1.13 bits per heavy atom. The molecule has 3 aromatic rings. The minimum Gasteiger partial charge on any atom is -0.490 e. The molecule has 0 spiro atoms. The van der Waals surface area contributed by atoms with Gasteiger partial charge in [-0.15, -0.1) is 11.3 Å². The lowest BCUT2D eigenvalue weighted by Crippen LogP contribution is -2.09. The van der Waals surface area contributed by atoms with Gasteiger partial charge in [-0.25, -0.2) is 9.59 Å². The number of esters is 2. The zero-order chi connectivity index (χ0) is 22.4. The molecule has 158 valence electrons. The predicted molar refractivity (Wildman–Crippen MR) is 120 cm³/mol. The SMILES string of the molecule is CCOC(=O)/C(C#N)=C/c1ccc(OC(=O)c2sc3ccccc3c2Cl)c(OCC)c1. The summed E-state index contributed by atoms with van der Waals surface area (Å²) in [5.41, 5.74) is 0.374. The van der Waals surface area contributed by atoms with E-state index in [0.717, 1.165) is 10.1 Å². The van der Waals surface area contributed by atoms with Gasteiger partial charge in [-0.2, -0.15) is 5.26 Å². The molecule has 31 heavy (non-hydrogen) atoms. The molecular formula is C23H18ClNO5S. The molecular weight excluding hydrogens is 438 g/mol. The van der Waals surface area contributed by atoms with Gasteiger partial charge in [0, 0.05) is 10.1 Å². The van der Waals surface area contributed by atoms with Gasteiger partial charge in [0.05, 0.1) is 18.2 Å². The molecule has 0 aliphatic carbocycles. The topological polar surface area (TPSA) is 85.6 Å². The molecule has 0 fully saturated rings. The number of benzene rings is 2. The Morgan fingerprint density at radius 2 is 1.90 bits per heavy atom. The number of ether oxygens (including phenoxy) is 3. The van der Waals surface area contributed by atoms with Crippen LogP contribution in [0.1, 0.15) is 29.1 Å². The Balaban J connectivity index is 1.90. The van der Waals surface area contributed by atoms with Gasteiger partial charge in [0.2, 0.25) is 0 Å². The molecule has 8 heteroatoms. The van der Waals surface area contributed by atoms with Crippen molar-refractivity contribution in [3.63, 3.8) is 0 Å². The Bertz CT molecular complexity index is 1210. The molecule has 1 aromatic heterocycles. The molecule has 0 aliphatic rings. The number of hydrogen-bond acceptors (Lipinski definition) is 7. The van der Waals surface area contributed by atoms with Crippen LogP contribution in [0.4, 0.5) is 0 Å². The number of carbonyl (C=O) groups is 2. The van der Waals surface area contributed by atoms with Crippen molar-refractivity contribution < 1.29 is 23.8 Å². The normalized spacial score (nSPS) is 11.1. The molecule has 1 heterocycles. The fraction of sp³-hybridized carbons (Fsp3) is 0.174. The van der Waals surface area contributed by atoms with Gasteiger partial charge < -0.3 is 14.2 Å². The van der Waals surface area contributed by atoms with Crippen LogP contribution in [0.15, 0.2) is 48.0 Å². The van der Waals surface area contributed by atoms with Crippen molar-refractivity contribution in [1.82, 2.24) is 0 Å². The summed E-state index contributed by atoms with van der Waals surface area (Å²) in [5.74, 6) is -0.812. The highest BCUT2D eigenvalue weighted by Crippen LogP contribution is 2.37. The van der Waals surface area contributed by atoms with Gasteiger partial charge in [0.15, 0.2) is 11.5 Å². The molecule has 0 saturated carbocycles. The maximum Gasteiger partial charge on any atom is 0.355 e. The molecule has 3 rings (SSSR count). The third kappa shape index (κ3) is 5.05. The average Bonchev–Trinajstić information content (AvgIpc) is 3.11. The molecule has 0 atom stereocenters. The highest BCUT2D eigenvalue weighted by atomic mass is 35.5. The number of carbonyl (C=O) groups excluding carboxylic acids is 2. The summed E-state index contributed by atoms with van der Waals surface area (Å²) in [6.45, 7) is 3.93. The summed E-state index contributed by atoms with van der Waals surface area (Å²) in [6.07, 6.45) is 1.38. The fourth-order valence-corrected chi connectivity index (χ4v) is 4.16. The van der Waals surface area contributed by atoms with Crippen LogP contribution in [0.2, 0.25) is 5.02 Å². The van der Waals surface area contributed by atoms with E-state index in [4.69, 9.17) is 25.8 Å². The maximum absolute atomic E-state index is 12.8. The summed E-state index contributed by atoms with van der Waals surface area (Å²) in [7, 11) is 0. The minimum absolute atomic E-state index is 0.147. The largest absolute Gasteiger partial charge is 0.490 e. The lowest BCUT2D eigenvalue weighted by Gasteiger charge is -2.11. The van der Waals surface area contributed by atoms with Crippen LogP contribution in [0, 0.1) is 11.3 Å². The summed E-state index contributed by atoms with van der Waals surface area (Å²) in [5, 5.41) is 10.3. The Labute approximate surface area is 188 Å². The predicted octanol–water partition coefficient (Wildman–Crippen LogP) is 5.64. The van der Waals surface area contributed by atoms with Crippen LogP contribution in [0.5, 0.6) is 11.5 Å². The number of hydrogen-bond donors (Lipinski definition) is 0. The number of fused-ring (bicyclic) bond motifs is 1. The molecule has 0 aliphatic heterocycles. The first-order valence-electron chi connectivity index (χ1n) is 9.43. The number of nitrogens with zero attached hydrogens (tertiary/aromatic N) is 1. The number of rotatable bonds is 7. The fourth-order valence-electron chi connectivity index (χ4n) is 2.77. The Kier molecular flexibility index (Phi) is 7.29. The lowest BCUT2D eigenvalue weighted by molar-refractivity contribution is -0.137. The standard InChI is InChI=1S/C23H18ClNO5S/c1-3-28-18-12-14(11-15(13-25)22(26)29-4-2)9-10-17(18)30-23(27)21-20(24)16-7-5-6-8-19(16)31-21/h5-12H,3-4H2,1-2H3/b15-11+. The van der Waals surface area contributed by atoms with E-state index >= 15 is 0 Å². The van der Waals surface area contributed by atoms with Gasteiger partial charge in [-0.1, -0.05) is 35.9 Å². The third-order valence-corrected chi connectivity index (χ3v) is 5.77. The van der Waals surface area contributed by atoms with Crippen molar-refractivity contribution in [3.05, 3.63) is 63.5 Å². The highest BCUT2D eigenvalue weighted by molar-refractivity contribution is 7.21. The van der Waals surface area contributed by atoms with Crippen molar-refractivity contribution in [3.8, 4) is 17.6 Å². The lowest BCUT2D eigenvalue weighted by atomic mass is 10.1. The second-order valence-corrected chi connectivity index (χ2v) is 7.59. The van der Waals surface area contributed by atoms with Gasteiger partial charge in [0.1, 0.15) is 16.5 Å². The minimum atomic E-state index is -0.710. The van der Waals surface area contributed by atoms with Crippen molar-refractivity contribution >= 4 is 51.0 Å². The Hall–Kier alpha value is -3.34. The number of nitriles is 1.